The van der Waals surface area contributed by atoms with Gasteiger partial charge in [0.15, 0.2) is 0 Å². The minimum Gasteiger partial charge on any atom is -0.372 e. The Kier molecular flexibility index (Phi) is 1.42. The van der Waals surface area contributed by atoms with E-state index in [9.17, 15) is 0 Å². The van der Waals surface area contributed by atoms with E-state index in [2.05, 4.69) is 15.3 Å². The van der Waals surface area contributed by atoms with Crippen LogP contribution in [0, 0.1) is 0 Å². The Hall–Kier alpha value is -1.12. The molecular formula is C5H7N3. The van der Waals surface area contributed by atoms with Gasteiger partial charge in [0.05, 0.1) is 6.20 Å². The zero-order valence-corrected chi connectivity index (χ0v) is 4.63. The molecule has 8 heavy (non-hydrogen) atoms. The molecule has 1 heterocycles. The first-order valence-corrected chi connectivity index (χ1v) is 2.37. The van der Waals surface area contributed by atoms with Gasteiger partial charge in [-0.05, 0) is 0 Å². The summed E-state index contributed by atoms with van der Waals surface area (Å²) in [5.74, 6) is 0.799. The van der Waals surface area contributed by atoms with Gasteiger partial charge in [-0.1, -0.05) is 0 Å². The van der Waals surface area contributed by atoms with Crippen molar-refractivity contribution >= 4 is 5.82 Å². The summed E-state index contributed by atoms with van der Waals surface area (Å²) in [6, 6.07) is 0. The summed E-state index contributed by atoms with van der Waals surface area (Å²) >= 11 is 0. The molecule has 3 nitrogen and oxygen atoms in total. The summed E-state index contributed by atoms with van der Waals surface area (Å²) in [6.45, 7) is 0. The highest BCUT2D eigenvalue weighted by Gasteiger charge is 1.80. The summed E-state index contributed by atoms with van der Waals surface area (Å²) in [6.07, 6.45) is 4.95. The first kappa shape index (κ1) is 5.03. The maximum absolute atomic E-state index is 3.92. The molecule has 0 aliphatic heterocycles. The molecule has 1 aromatic rings. The molecule has 0 aliphatic rings. The van der Waals surface area contributed by atoms with E-state index in [4.69, 9.17) is 0 Å². The maximum atomic E-state index is 3.92. The quantitative estimate of drug-likeness (QED) is 0.571. The number of hydrogen-bond acceptors (Lipinski definition) is 3. The summed E-state index contributed by atoms with van der Waals surface area (Å²) in [7, 11) is 1.81. The van der Waals surface area contributed by atoms with Crippen LogP contribution >= 0.6 is 0 Å². The second kappa shape index (κ2) is 2.26. The molecule has 1 aromatic heterocycles. The van der Waals surface area contributed by atoms with Crippen molar-refractivity contribution in [3.8, 4) is 0 Å². The van der Waals surface area contributed by atoms with Gasteiger partial charge in [0.2, 0.25) is 0 Å². The third kappa shape index (κ3) is 0.932. The minimum absolute atomic E-state index is 0.799. The Bertz CT molecular complexity index is 149. The molecule has 0 spiro atoms. The van der Waals surface area contributed by atoms with Gasteiger partial charge in [0, 0.05) is 19.4 Å². The van der Waals surface area contributed by atoms with E-state index in [1.54, 1.807) is 18.6 Å². The Balaban J connectivity index is 2.83. The molecule has 42 valence electrons. The van der Waals surface area contributed by atoms with Crippen molar-refractivity contribution in [3.05, 3.63) is 18.6 Å². The SMILES string of the molecule is CNc1cnccn1. The molecule has 0 radical (unpaired) electrons. The van der Waals surface area contributed by atoms with Crippen LogP contribution in [0.3, 0.4) is 0 Å². The maximum Gasteiger partial charge on any atom is 0.144 e. The highest BCUT2D eigenvalue weighted by Crippen LogP contribution is 1.91. The summed E-state index contributed by atoms with van der Waals surface area (Å²) in [5.41, 5.74) is 0. The summed E-state index contributed by atoms with van der Waals surface area (Å²) < 4.78 is 0. The Morgan fingerprint density at radius 2 is 2.38 bits per heavy atom. The van der Waals surface area contributed by atoms with Crippen LogP contribution in [0.2, 0.25) is 0 Å². The smallest absolute Gasteiger partial charge is 0.144 e. The summed E-state index contributed by atoms with van der Waals surface area (Å²) in [5, 5.41) is 2.85. The molecule has 0 amide bonds. The van der Waals surface area contributed by atoms with Gasteiger partial charge < -0.3 is 5.32 Å². The molecule has 1 rings (SSSR count). The average molecular weight is 109 g/mol. The zero-order valence-electron chi connectivity index (χ0n) is 4.63. The van der Waals surface area contributed by atoms with Crippen molar-refractivity contribution in [3.63, 3.8) is 0 Å². The fraction of sp³-hybridized carbons (Fsp3) is 0.200. The van der Waals surface area contributed by atoms with Crippen LogP contribution in [0.1, 0.15) is 0 Å². The van der Waals surface area contributed by atoms with Gasteiger partial charge in [0.1, 0.15) is 5.82 Å². The molecule has 0 aliphatic carbocycles. The molecule has 3 heteroatoms. The number of nitrogens with zero attached hydrogens (tertiary/aromatic N) is 2. The van der Waals surface area contributed by atoms with E-state index in [0.29, 0.717) is 0 Å². The lowest BCUT2D eigenvalue weighted by Crippen LogP contribution is -1.90. The molecule has 0 atom stereocenters. The van der Waals surface area contributed by atoms with Crippen molar-refractivity contribution in [1.29, 1.82) is 0 Å². The third-order valence-corrected chi connectivity index (χ3v) is 0.819. The molecular weight excluding hydrogens is 102 g/mol. The molecule has 0 unspecified atom stereocenters. The van der Waals surface area contributed by atoms with E-state index < -0.39 is 0 Å². The van der Waals surface area contributed by atoms with Gasteiger partial charge in [-0.25, -0.2) is 4.98 Å². The highest BCUT2D eigenvalue weighted by atomic mass is 15.0. The van der Waals surface area contributed by atoms with Gasteiger partial charge >= 0.3 is 0 Å². The number of nitrogens with one attached hydrogen (secondary N) is 1. The van der Waals surface area contributed by atoms with Crippen LogP contribution in [0.4, 0.5) is 5.82 Å². The lowest BCUT2D eigenvalue weighted by molar-refractivity contribution is 1.19. The van der Waals surface area contributed by atoms with Crippen LogP contribution < -0.4 is 5.32 Å². The van der Waals surface area contributed by atoms with E-state index in [-0.39, 0.29) is 0 Å². The summed E-state index contributed by atoms with van der Waals surface area (Å²) in [4.78, 5) is 7.75. The number of anilines is 1. The van der Waals surface area contributed by atoms with Crippen LogP contribution in [0.15, 0.2) is 18.6 Å². The predicted molar refractivity (Wildman–Crippen MR) is 31.6 cm³/mol. The largest absolute Gasteiger partial charge is 0.372 e. The van der Waals surface area contributed by atoms with Crippen molar-refractivity contribution in [2.24, 2.45) is 0 Å². The van der Waals surface area contributed by atoms with E-state index >= 15 is 0 Å². The molecule has 1 N–H and O–H groups in total. The van der Waals surface area contributed by atoms with E-state index in [1.165, 1.54) is 0 Å². The second-order valence-electron chi connectivity index (χ2n) is 1.34. The molecule has 0 bridgehead atoms. The van der Waals surface area contributed by atoms with Crippen LogP contribution in [0.5, 0.6) is 0 Å². The minimum atomic E-state index is 0.799. The van der Waals surface area contributed by atoms with Gasteiger partial charge in [-0.15, -0.1) is 0 Å². The van der Waals surface area contributed by atoms with Crippen molar-refractivity contribution < 1.29 is 0 Å². The number of hydrogen-bond donors (Lipinski definition) is 1. The van der Waals surface area contributed by atoms with Gasteiger partial charge in [-0.3, -0.25) is 4.98 Å². The molecule has 0 fully saturated rings. The second-order valence-corrected chi connectivity index (χ2v) is 1.34. The Morgan fingerprint density at radius 1 is 1.50 bits per heavy atom. The number of aromatic nitrogens is 2. The topological polar surface area (TPSA) is 37.8 Å². The monoisotopic (exact) mass is 109 g/mol. The van der Waals surface area contributed by atoms with Crippen molar-refractivity contribution in [2.75, 3.05) is 12.4 Å². The Labute approximate surface area is 47.8 Å². The van der Waals surface area contributed by atoms with E-state index in [0.717, 1.165) is 5.82 Å². The fourth-order valence-corrected chi connectivity index (χ4v) is 0.428. The standard InChI is InChI=1S/C5H7N3/c1-6-5-4-7-2-3-8-5/h2-4H,1H3,(H,6,8). The Morgan fingerprint density at radius 3 is 2.75 bits per heavy atom. The fourth-order valence-electron chi connectivity index (χ4n) is 0.428. The van der Waals surface area contributed by atoms with Crippen molar-refractivity contribution in [2.45, 2.75) is 0 Å². The normalized spacial score (nSPS) is 8.62. The first-order chi connectivity index (χ1) is 3.93. The van der Waals surface area contributed by atoms with E-state index in [1.807, 2.05) is 7.05 Å². The van der Waals surface area contributed by atoms with Crippen LogP contribution in [0.25, 0.3) is 0 Å². The number of rotatable bonds is 1. The van der Waals surface area contributed by atoms with Crippen LogP contribution in [-0.2, 0) is 0 Å². The predicted octanol–water partition coefficient (Wildman–Crippen LogP) is 0.518. The first-order valence-electron chi connectivity index (χ1n) is 2.37. The van der Waals surface area contributed by atoms with Crippen LogP contribution in [-0.4, -0.2) is 17.0 Å². The van der Waals surface area contributed by atoms with Gasteiger partial charge in [0.25, 0.3) is 0 Å². The average Bonchev–Trinajstić information content (AvgIpc) is 1.90. The zero-order chi connectivity index (χ0) is 5.82. The van der Waals surface area contributed by atoms with Crippen molar-refractivity contribution in [1.82, 2.24) is 9.97 Å². The molecule has 0 saturated carbocycles. The third-order valence-electron chi connectivity index (χ3n) is 0.819. The molecule has 0 saturated heterocycles. The lowest BCUT2D eigenvalue weighted by Gasteiger charge is -1.92. The molecule has 0 aromatic carbocycles. The highest BCUT2D eigenvalue weighted by molar-refractivity contribution is 5.27. The van der Waals surface area contributed by atoms with Gasteiger partial charge in [-0.2, -0.15) is 0 Å². The lowest BCUT2D eigenvalue weighted by atomic mass is 10.7.